The minimum Gasteiger partial charge on any atom is -0.436 e. The Morgan fingerprint density at radius 3 is 1.86 bits per heavy atom. The van der Waals surface area contributed by atoms with Gasteiger partial charge >= 0.3 is 0 Å². The van der Waals surface area contributed by atoms with E-state index < -0.39 is 0 Å². The smallest absolute Gasteiger partial charge is 0.227 e. The van der Waals surface area contributed by atoms with Gasteiger partial charge in [-0.1, -0.05) is 116 Å². The summed E-state index contributed by atoms with van der Waals surface area (Å²) < 4.78 is 8.54. The van der Waals surface area contributed by atoms with Gasteiger partial charge in [0, 0.05) is 22.3 Å². The summed E-state index contributed by atoms with van der Waals surface area (Å²) >= 11 is 0. The van der Waals surface area contributed by atoms with Gasteiger partial charge in [0.2, 0.25) is 5.89 Å². The van der Waals surface area contributed by atoms with Crippen molar-refractivity contribution >= 4 is 28.1 Å². The standard InChI is InChI=1S/C46H36N2O/c1-5-6-18-43-32(4)37-13-11-12-19-44(37)48(43)36-26-24-34(25-27-36)39-15-8-10-17-41(39)40-16-9-7-14-38(40)33-20-22-35(23-21-33)46-47-42-29-30(2)28-31(3)45(42)49-46/h5-29H,1H2,2-4H3/b18-6-. The maximum absolute atomic E-state index is 6.21. The summed E-state index contributed by atoms with van der Waals surface area (Å²) in [6.07, 6.45) is 5.97. The fraction of sp³-hybridized carbons (Fsp3) is 0.0652. The van der Waals surface area contributed by atoms with Gasteiger partial charge in [0.15, 0.2) is 5.58 Å². The van der Waals surface area contributed by atoms with Gasteiger partial charge in [0.05, 0.1) is 5.52 Å². The lowest BCUT2D eigenvalue weighted by Crippen LogP contribution is -1.97. The first-order valence-corrected chi connectivity index (χ1v) is 16.7. The van der Waals surface area contributed by atoms with Crippen LogP contribution in [0.3, 0.4) is 0 Å². The molecule has 0 amide bonds. The van der Waals surface area contributed by atoms with E-state index in [0.717, 1.165) is 39.2 Å². The first kappa shape index (κ1) is 30.2. The first-order chi connectivity index (χ1) is 24.0. The minimum absolute atomic E-state index is 0.643. The largest absolute Gasteiger partial charge is 0.436 e. The SMILES string of the molecule is C=C/C=C\c1c(C)c2ccccc2n1-c1ccc(-c2ccccc2-c2ccccc2-c2ccc(-c3nc4cc(C)cc(C)c4o3)cc2)cc1. The zero-order valence-corrected chi connectivity index (χ0v) is 27.9. The highest BCUT2D eigenvalue weighted by Gasteiger charge is 2.16. The van der Waals surface area contributed by atoms with Crippen LogP contribution in [0.4, 0.5) is 0 Å². The van der Waals surface area contributed by atoms with Gasteiger partial charge in [0.25, 0.3) is 0 Å². The second-order valence-electron chi connectivity index (χ2n) is 12.6. The Morgan fingerprint density at radius 1 is 0.633 bits per heavy atom. The number of rotatable bonds is 7. The van der Waals surface area contributed by atoms with E-state index in [2.05, 4.69) is 171 Å². The van der Waals surface area contributed by atoms with Gasteiger partial charge in [-0.25, -0.2) is 4.98 Å². The third-order valence-corrected chi connectivity index (χ3v) is 9.41. The van der Waals surface area contributed by atoms with E-state index in [0.29, 0.717) is 5.89 Å². The van der Waals surface area contributed by atoms with Crippen molar-refractivity contribution in [3.05, 3.63) is 175 Å². The fourth-order valence-electron chi connectivity index (χ4n) is 7.08. The van der Waals surface area contributed by atoms with Gasteiger partial charge in [-0.2, -0.15) is 0 Å². The molecule has 0 radical (unpaired) electrons. The monoisotopic (exact) mass is 632 g/mol. The molecule has 0 unspecified atom stereocenters. The molecule has 3 nitrogen and oxygen atoms in total. The van der Waals surface area contributed by atoms with Gasteiger partial charge in [-0.15, -0.1) is 0 Å². The number of hydrogen-bond acceptors (Lipinski definition) is 2. The Bertz CT molecular complexity index is 2520. The molecule has 0 bridgehead atoms. The number of hydrogen-bond donors (Lipinski definition) is 0. The molecule has 3 heteroatoms. The summed E-state index contributed by atoms with van der Waals surface area (Å²) in [7, 11) is 0. The molecule has 0 saturated heterocycles. The number of aromatic nitrogens is 2. The highest BCUT2D eigenvalue weighted by atomic mass is 16.3. The number of oxazole rings is 1. The molecule has 2 aromatic heterocycles. The van der Waals surface area contributed by atoms with Gasteiger partial charge in [-0.3, -0.25) is 0 Å². The van der Waals surface area contributed by atoms with Crippen molar-refractivity contribution in [2.45, 2.75) is 20.8 Å². The van der Waals surface area contributed by atoms with E-state index in [4.69, 9.17) is 9.40 Å². The lowest BCUT2D eigenvalue weighted by Gasteiger charge is -2.16. The average Bonchev–Trinajstić information content (AvgIpc) is 3.70. The molecule has 8 rings (SSSR count). The highest BCUT2D eigenvalue weighted by molar-refractivity contribution is 5.93. The number of nitrogens with zero attached hydrogens (tertiary/aromatic N) is 2. The summed E-state index contributed by atoms with van der Waals surface area (Å²) in [5.74, 6) is 0.643. The van der Waals surface area contributed by atoms with Gasteiger partial charge in [-0.05, 0) is 113 Å². The van der Waals surface area contributed by atoms with Crippen LogP contribution >= 0.6 is 0 Å². The zero-order valence-electron chi connectivity index (χ0n) is 27.9. The van der Waals surface area contributed by atoms with Crippen molar-refractivity contribution in [3.8, 4) is 50.5 Å². The Morgan fingerprint density at radius 2 is 1.20 bits per heavy atom. The van der Waals surface area contributed by atoms with E-state index in [1.54, 1.807) is 0 Å². The Kier molecular flexibility index (Phi) is 7.66. The van der Waals surface area contributed by atoms with Gasteiger partial charge in [0.1, 0.15) is 5.52 Å². The van der Waals surface area contributed by atoms with Crippen LogP contribution in [-0.2, 0) is 0 Å². The summed E-state index contributed by atoms with van der Waals surface area (Å²) in [5.41, 5.74) is 16.8. The number of aryl methyl sites for hydroxylation is 3. The molecule has 0 N–H and O–H groups in total. The second-order valence-corrected chi connectivity index (χ2v) is 12.6. The molecule has 0 spiro atoms. The summed E-state index contributed by atoms with van der Waals surface area (Å²) in [4.78, 5) is 4.80. The van der Waals surface area contributed by atoms with Crippen LogP contribution in [0.2, 0.25) is 0 Å². The van der Waals surface area contributed by atoms with Crippen LogP contribution in [0.25, 0.3) is 78.6 Å². The van der Waals surface area contributed by atoms with E-state index in [1.165, 1.54) is 49.8 Å². The molecule has 2 heterocycles. The second kappa shape index (κ2) is 12.4. The molecule has 0 aliphatic rings. The lowest BCUT2D eigenvalue weighted by molar-refractivity contribution is 0.617. The number of fused-ring (bicyclic) bond motifs is 2. The first-order valence-electron chi connectivity index (χ1n) is 16.7. The Balaban J connectivity index is 1.16. The summed E-state index contributed by atoms with van der Waals surface area (Å²) in [6, 6.07) is 47.6. The summed E-state index contributed by atoms with van der Waals surface area (Å²) in [6.45, 7) is 10.2. The molecule has 0 atom stereocenters. The molecular weight excluding hydrogens is 597 g/mol. The number of para-hydroxylation sites is 1. The van der Waals surface area contributed by atoms with Crippen molar-refractivity contribution in [2.75, 3.05) is 0 Å². The zero-order chi connectivity index (χ0) is 33.5. The topological polar surface area (TPSA) is 31.0 Å². The Hall–Kier alpha value is -6.19. The summed E-state index contributed by atoms with van der Waals surface area (Å²) in [5, 5.41) is 1.25. The molecule has 236 valence electrons. The molecular formula is C46H36N2O. The normalized spacial score (nSPS) is 11.6. The van der Waals surface area contributed by atoms with E-state index in [1.807, 2.05) is 12.2 Å². The molecule has 49 heavy (non-hydrogen) atoms. The fourth-order valence-corrected chi connectivity index (χ4v) is 7.08. The molecule has 0 aliphatic heterocycles. The van der Waals surface area contributed by atoms with Gasteiger partial charge < -0.3 is 8.98 Å². The van der Waals surface area contributed by atoms with Crippen LogP contribution in [0.1, 0.15) is 22.4 Å². The van der Waals surface area contributed by atoms with Crippen molar-refractivity contribution < 1.29 is 4.42 Å². The average molecular weight is 633 g/mol. The number of benzene rings is 6. The van der Waals surface area contributed by atoms with E-state index in [9.17, 15) is 0 Å². The van der Waals surface area contributed by atoms with Crippen molar-refractivity contribution in [3.63, 3.8) is 0 Å². The predicted molar refractivity (Wildman–Crippen MR) is 206 cm³/mol. The third-order valence-electron chi connectivity index (χ3n) is 9.41. The van der Waals surface area contributed by atoms with Crippen LogP contribution in [-0.4, -0.2) is 9.55 Å². The van der Waals surface area contributed by atoms with Crippen LogP contribution in [0.5, 0.6) is 0 Å². The van der Waals surface area contributed by atoms with Crippen LogP contribution < -0.4 is 0 Å². The third kappa shape index (κ3) is 5.40. The molecule has 8 aromatic rings. The molecule has 0 saturated carbocycles. The Labute approximate surface area is 287 Å². The maximum Gasteiger partial charge on any atom is 0.227 e. The highest BCUT2D eigenvalue weighted by Crippen LogP contribution is 2.39. The molecule has 0 fully saturated rings. The molecule has 0 aliphatic carbocycles. The lowest BCUT2D eigenvalue weighted by atomic mass is 9.89. The quantitative estimate of drug-likeness (QED) is 0.164. The van der Waals surface area contributed by atoms with E-state index >= 15 is 0 Å². The molecule has 6 aromatic carbocycles. The predicted octanol–water partition coefficient (Wildman–Crippen LogP) is 12.6. The van der Waals surface area contributed by atoms with E-state index in [-0.39, 0.29) is 0 Å². The minimum atomic E-state index is 0.643. The van der Waals surface area contributed by atoms with Crippen molar-refractivity contribution in [1.29, 1.82) is 0 Å². The number of allylic oxidation sites excluding steroid dienone is 2. The van der Waals surface area contributed by atoms with Crippen molar-refractivity contribution in [2.24, 2.45) is 0 Å². The maximum atomic E-state index is 6.21. The van der Waals surface area contributed by atoms with Crippen LogP contribution in [0, 0.1) is 20.8 Å². The van der Waals surface area contributed by atoms with Crippen LogP contribution in [0.15, 0.2) is 157 Å². The van der Waals surface area contributed by atoms with Crippen molar-refractivity contribution in [1.82, 2.24) is 9.55 Å².